The molecule has 1 unspecified atom stereocenters. The third kappa shape index (κ3) is 3.54. The van der Waals surface area contributed by atoms with Crippen LogP contribution >= 0.6 is 11.6 Å². The molecule has 0 amide bonds. The molecule has 4 nitrogen and oxygen atoms in total. The molecule has 1 aliphatic heterocycles. The normalized spacial score (nSPS) is 21.1. The van der Waals surface area contributed by atoms with E-state index in [1.807, 2.05) is 0 Å². The second kappa shape index (κ2) is 5.65. The topological polar surface area (TPSA) is 41.0 Å². The molecule has 0 saturated carbocycles. The molecule has 5 heteroatoms. The fourth-order valence-electron chi connectivity index (χ4n) is 2.14. The van der Waals surface area contributed by atoms with Gasteiger partial charge in [0.1, 0.15) is 0 Å². The van der Waals surface area contributed by atoms with Crippen molar-refractivity contribution in [1.82, 2.24) is 14.9 Å². The van der Waals surface area contributed by atoms with Crippen LogP contribution in [0.25, 0.3) is 0 Å². The van der Waals surface area contributed by atoms with Gasteiger partial charge in [0, 0.05) is 19.1 Å². The van der Waals surface area contributed by atoms with Gasteiger partial charge >= 0.3 is 0 Å². The lowest BCUT2D eigenvalue weighted by Gasteiger charge is -2.20. The Labute approximate surface area is 107 Å². The van der Waals surface area contributed by atoms with Gasteiger partial charge in [-0.05, 0) is 32.7 Å². The summed E-state index contributed by atoms with van der Waals surface area (Å²) in [5.74, 6) is 1.36. The zero-order chi connectivity index (χ0) is 12.3. The largest absolute Gasteiger partial charge is 0.354 e. The van der Waals surface area contributed by atoms with Crippen molar-refractivity contribution in [1.29, 1.82) is 0 Å². The van der Waals surface area contributed by atoms with Crippen LogP contribution in [0, 0.1) is 5.92 Å². The number of halogens is 1. The van der Waals surface area contributed by atoms with Crippen LogP contribution in [0.1, 0.15) is 20.3 Å². The number of rotatable bonds is 4. The molecule has 2 heterocycles. The Morgan fingerprint density at radius 1 is 1.47 bits per heavy atom. The van der Waals surface area contributed by atoms with E-state index in [-0.39, 0.29) is 0 Å². The standard InChI is InChI=1S/C12H19ClN4/c1-9(2)17-4-3-10(8-17)5-14-12-15-6-11(13)7-16-12/h6-7,9-10H,3-5,8H2,1-2H3,(H,14,15,16). The van der Waals surface area contributed by atoms with E-state index in [4.69, 9.17) is 11.6 Å². The smallest absolute Gasteiger partial charge is 0.222 e. The third-order valence-electron chi connectivity index (χ3n) is 3.22. The first-order valence-corrected chi connectivity index (χ1v) is 6.48. The Hall–Kier alpha value is -0.870. The summed E-state index contributed by atoms with van der Waals surface area (Å²) in [6, 6.07) is 0.645. The van der Waals surface area contributed by atoms with Crippen molar-refractivity contribution < 1.29 is 0 Å². The van der Waals surface area contributed by atoms with Crippen LogP contribution in [0.15, 0.2) is 12.4 Å². The molecule has 1 atom stereocenters. The zero-order valence-electron chi connectivity index (χ0n) is 10.4. The summed E-state index contributed by atoms with van der Waals surface area (Å²) in [7, 11) is 0. The van der Waals surface area contributed by atoms with Crippen molar-refractivity contribution in [2.75, 3.05) is 25.0 Å². The van der Waals surface area contributed by atoms with Gasteiger partial charge in [0.25, 0.3) is 0 Å². The predicted octanol–water partition coefficient (Wildman–Crippen LogP) is 2.27. The van der Waals surface area contributed by atoms with Crippen molar-refractivity contribution in [2.45, 2.75) is 26.3 Å². The lowest BCUT2D eigenvalue weighted by atomic mass is 10.1. The molecular weight excluding hydrogens is 236 g/mol. The van der Waals surface area contributed by atoms with E-state index in [9.17, 15) is 0 Å². The molecule has 1 fully saturated rings. The second-order valence-electron chi connectivity index (χ2n) is 4.85. The molecule has 1 aromatic rings. The van der Waals surface area contributed by atoms with E-state index in [2.05, 4.69) is 34.0 Å². The number of hydrogen-bond acceptors (Lipinski definition) is 4. The van der Waals surface area contributed by atoms with Crippen LogP contribution in [0.4, 0.5) is 5.95 Å². The highest BCUT2D eigenvalue weighted by Crippen LogP contribution is 2.18. The lowest BCUT2D eigenvalue weighted by molar-refractivity contribution is 0.266. The number of nitrogens with one attached hydrogen (secondary N) is 1. The maximum atomic E-state index is 5.73. The number of nitrogens with zero attached hydrogens (tertiary/aromatic N) is 3. The van der Waals surface area contributed by atoms with Crippen molar-refractivity contribution in [3.8, 4) is 0 Å². The van der Waals surface area contributed by atoms with Gasteiger partial charge in [-0.25, -0.2) is 9.97 Å². The zero-order valence-corrected chi connectivity index (χ0v) is 11.1. The molecular formula is C12H19ClN4. The molecule has 1 aliphatic rings. The minimum atomic E-state index is 0.572. The Kier molecular flexibility index (Phi) is 4.18. The summed E-state index contributed by atoms with van der Waals surface area (Å²) in [5, 5.41) is 3.84. The van der Waals surface area contributed by atoms with Gasteiger partial charge in [-0.2, -0.15) is 0 Å². The van der Waals surface area contributed by atoms with Crippen molar-refractivity contribution >= 4 is 17.5 Å². The highest BCUT2D eigenvalue weighted by atomic mass is 35.5. The van der Waals surface area contributed by atoms with Gasteiger partial charge in [0.2, 0.25) is 5.95 Å². The number of anilines is 1. The molecule has 0 radical (unpaired) electrons. The van der Waals surface area contributed by atoms with Crippen molar-refractivity contribution in [3.05, 3.63) is 17.4 Å². The van der Waals surface area contributed by atoms with E-state index in [0.717, 1.165) is 13.1 Å². The molecule has 1 N–H and O–H groups in total. The van der Waals surface area contributed by atoms with Crippen LogP contribution in [0.3, 0.4) is 0 Å². The maximum Gasteiger partial charge on any atom is 0.222 e. The second-order valence-corrected chi connectivity index (χ2v) is 5.29. The molecule has 94 valence electrons. The minimum absolute atomic E-state index is 0.572. The summed E-state index contributed by atoms with van der Waals surface area (Å²) in [6.07, 6.45) is 4.48. The monoisotopic (exact) mass is 254 g/mol. The summed E-state index contributed by atoms with van der Waals surface area (Å²) in [5.41, 5.74) is 0. The average Bonchev–Trinajstić information content (AvgIpc) is 2.77. The van der Waals surface area contributed by atoms with Gasteiger partial charge < -0.3 is 10.2 Å². The quantitative estimate of drug-likeness (QED) is 0.895. The summed E-state index contributed by atoms with van der Waals surface area (Å²) < 4.78 is 0. The van der Waals surface area contributed by atoms with Crippen LogP contribution in [-0.4, -0.2) is 40.5 Å². The summed E-state index contributed by atoms with van der Waals surface area (Å²) >= 11 is 5.73. The lowest BCUT2D eigenvalue weighted by Crippen LogP contribution is -2.29. The first-order valence-electron chi connectivity index (χ1n) is 6.10. The van der Waals surface area contributed by atoms with Crippen LogP contribution in [0.5, 0.6) is 0 Å². The first kappa shape index (κ1) is 12.6. The summed E-state index contributed by atoms with van der Waals surface area (Å²) in [4.78, 5) is 10.8. The Morgan fingerprint density at radius 3 is 2.76 bits per heavy atom. The minimum Gasteiger partial charge on any atom is -0.354 e. The van der Waals surface area contributed by atoms with Crippen LogP contribution in [-0.2, 0) is 0 Å². The Balaban J connectivity index is 1.78. The molecule has 0 aromatic carbocycles. The van der Waals surface area contributed by atoms with Crippen molar-refractivity contribution in [3.63, 3.8) is 0 Å². The number of aromatic nitrogens is 2. The highest BCUT2D eigenvalue weighted by molar-refractivity contribution is 6.30. The van der Waals surface area contributed by atoms with Crippen LogP contribution in [0.2, 0.25) is 5.02 Å². The van der Waals surface area contributed by atoms with E-state index >= 15 is 0 Å². The number of hydrogen-bond donors (Lipinski definition) is 1. The van der Waals surface area contributed by atoms with E-state index < -0.39 is 0 Å². The molecule has 17 heavy (non-hydrogen) atoms. The van der Waals surface area contributed by atoms with E-state index in [0.29, 0.717) is 22.9 Å². The Morgan fingerprint density at radius 2 is 2.18 bits per heavy atom. The molecule has 0 spiro atoms. The van der Waals surface area contributed by atoms with Crippen molar-refractivity contribution in [2.24, 2.45) is 5.92 Å². The van der Waals surface area contributed by atoms with E-state index in [1.54, 1.807) is 12.4 Å². The fraction of sp³-hybridized carbons (Fsp3) is 0.667. The SMILES string of the molecule is CC(C)N1CCC(CNc2ncc(Cl)cn2)C1. The molecule has 0 bridgehead atoms. The number of likely N-dealkylation sites (tertiary alicyclic amines) is 1. The van der Waals surface area contributed by atoms with Gasteiger partial charge in [0.15, 0.2) is 0 Å². The van der Waals surface area contributed by atoms with E-state index in [1.165, 1.54) is 13.0 Å². The first-order chi connectivity index (χ1) is 8.15. The molecule has 1 aromatic heterocycles. The van der Waals surface area contributed by atoms with Gasteiger partial charge in [-0.15, -0.1) is 0 Å². The van der Waals surface area contributed by atoms with Gasteiger partial charge in [-0.3, -0.25) is 0 Å². The van der Waals surface area contributed by atoms with Gasteiger partial charge in [0.05, 0.1) is 17.4 Å². The average molecular weight is 255 g/mol. The maximum absolute atomic E-state index is 5.73. The predicted molar refractivity (Wildman–Crippen MR) is 70.3 cm³/mol. The molecule has 2 rings (SSSR count). The summed E-state index contributed by atoms with van der Waals surface area (Å²) in [6.45, 7) is 7.80. The molecule has 0 aliphatic carbocycles. The fourth-order valence-corrected chi connectivity index (χ4v) is 2.24. The van der Waals surface area contributed by atoms with Crippen LogP contribution < -0.4 is 5.32 Å². The Bertz CT molecular complexity index is 352. The third-order valence-corrected chi connectivity index (χ3v) is 3.41. The molecule has 1 saturated heterocycles. The highest BCUT2D eigenvalue weighted by Gasteiger charge is 2.23. The van der Waals surface area contributed by atoms with Gasteiger partial charge in [-0.1, -0.05) is 11.6 Å².